The second-order valence-electron chi connectivity index (χ2n) is 6.61. The second-order valence-corrected chi connectivity index (χ2v) is 8.67. The van der Waals surface area contributed by atoms with Gasteiger partial charge in [0, 0.05) is 32.1 Å². The summed E-state index contributed by atoms with van der Waals surface area (Å²) in [5, 5.41) is 0.845. The van der Waals surface area contributed by atoms with Crippen LogP contribution in [0.2, 0.25) is 5.02 Å². The first-order chi connectivity index (χ1) is 14.6. The summed E-state index contributed by atoms with van der Waals surface area (Å²) >= 11 is 6.24. The van der Waals surface area contributed by atoms with Gasteiger partial charge in [-0.1, -0.05) is 11.6 Å². The van der Waals surface area contributed by atoms with Gasteiger partial charge in [-0.3, -0.25) is 0 Å². The van der Waals surface area contributed by atoms with E-state index >= 15 is 0 Å². The van der Waals surface area contributed by atoms with Crippen molar-refractivity contribution in [2.75, 3.05) is 37.9 Å². The molecule has 0 aliphatic carbocycles. The van der Waals surface area contributed by atoms with Crippen molar-refractivity contribution in [2.24, 2.45) is 0 Å². The monoisotopic (exact) mass is 475 g/mol. The first kappa shape index (κ1) is 22.8. The number of halogens is 3. The summed E-state index contributed by atoms with van der Waals surface area (Å²) in [5.74, 6) is -0.821. The molecule has 2 heterocycles. The molecule has 1 aromatic carbocycles. The number of H-pyrrole nitrogens is 1. The van der Waals surface area contributed by atoms with Crippen LogP contribution < -0.4 is 19.1 Å². The molecule has 31 heavy (non-hydrogen) atoms. The first-order valence-corrected chi connectivity index (χ1v) is 10.7. The van der Waals surface area contributed by atoms with E-state index in [2.05, 4.69) is 19.7 Å². The normalized spacial score (nSPS) is 11.7. The van der Waals surface area contributed by atoms with E-state index in [4.69, 9.17) is 21.1 Å². The molecule has 2 aromatic heterocycles. The second kappa shape index (κ2) is 8.71. The number of aromatic amines is 1. The van der Waals surface area contributed by atoms with Gasteiger partial charge in [0.25, 0.3) is 10.0 Å². The predicted octanol–water partition coefficient (Wildman–Crippen LogP) is 3.30. The number of hydrogen-bond acceptors (Lipinski definition) is 7. The molecular formula is C18H20ClF2N5O4S. The summed E-state index contributed by atoms with van der Waals surface area (Å²) in [4.78, 5) is 12.4. The van der Waals surface area contributed by atoms with Gasteiger partial charge in [-0.25, -0.2) is 21.9 Å². The van der Waals surface area contributed by atoms with Crippen LogP contribution in [0.25, 0.3) is 10.9 Å². The largest absolute Gasteiger partial charge is 0.481 e. The van der Waals surface area contributed by atoms with Crippen LogP contribution in [-0.4, -0.2) is 58.1 Å². The van der Waals surface area contributed by atoms with Gasteiger partial charge in [0.05, 0.1) is 36.0 Å². The molecule has 0 atom stereocenters. The van der Waals surface area contributed by atoms with Crippen LogP contribution in [0.15, 0.2) is 23.2 Å². The fourth-order valence-electron chi connectivity index (χ4n) is 3.12. The van der Waals surface area contributed by atoms with Crippen molar-refractivity contribution in [3.8, 4) is 11.8 Å². The summed E-state index contributed by atoms with van der Waals surface area (Å²) in [5.41, 5.74) is 1.08. The van der Waals surface area contributed by atoms with Crippen LogP contribution in [-0.2, 0) is 16.4 Å². The molecule has 2 N–H and O–H groups in total. The van der Waals surface area contributed by atoms with Crippen LogP contribution in [0.1, 0.15) is 5.56 Å². The molecule has 0 saturated carbocycles. The number of nitrogens with zero attached hydrogens (tertiary/aromatic N) is 3. The summed E-state index contributed by atoms with van der Waals surface area (Å²) in [7, 11) is 1.84. The number of nitrogens with one attached hydrogen (secondary N) is 2. The zero-order valence-corrected chi connectivity index (χ0v) is 18.6. The number of aromatic nitrogens is 3. The minimum absolute atomic E-state index is 0.0690. The number of fused-ring (bicyclic) bond motifs is 1. The molecule has 0 bridgehead atoms. The highest BCUT2D eigenvalue weighted by atomic mass is 35.5. The molecule has 3 aromatic rings. The lowest BCUT2D eigenvalue weighted by molar-refractivity contribution is 0.146. The fraction of sp³-hybridized carbons (Fsp3) is 0.333. The van der Waals surface area contributed by atoms with E-state index in [0.717, 1.165) is 0 Å². The summed E-state index contributed by atoms with van der Waals surface area (Å²) in [6.45, 7) is 0. The van der Waals surface area contributed by atoms with Crippen molar-refractivity contribution < 1.29 is 26.7 Å². The van der Waals surface area contributed by atoms with Gasteiger partial charge < -0.3 is 19.4 Å². The molecule has 0 saturated heterocycles. The van der Waals surface area contributed by atoms with E-state index in [1.165, 1.54) is 20.4 Å². The quantitative estimate of drug-likeness (QED) is 0.514. The average Bonchev–Trinajstić information content (AvgIpc) is 3.12. The Kier molecular flexibility index (Phi) is 6.41. The molecule has 0 radical (unpaired) electrons. The maximum Gasteiger partial charge on any atom is 0.266 e. The van der Waals surface area contributed by atoms with Gasteiger partial charge in [0.15, 0.2) is 0 Å². The number of ether oxygens (including phenoxy) is 2. The summed E-state index contributed by atoms with van der Waals surface area (Å²) < 4.78 is 64.2. The van der Waals surface area contributed by atoms with E-state index < -0.39 is 22.9 Å². The third-order valence-electron chi connectivity index (χ3n) is 4.38. The van der Waals surface area contributed by atoms with Gasteiger partial charge in [0.2, 0.25) is 24.1 Å². The van der Waals surface area contributed by atoms with Crippen LogP contribution >= 0.6 is 11.6 Å². The lowest BCUT2D eigenvalue weighted by Crippen LogP contribution is -2.16. The van der Waals surface area contributed by atoms with Gasteiger partial charge in [-0.2, -0.15) is 9.97 Å². The Bertz CT molecular complexity index is 1190. The van der Waals surface area contributed by atoms with Crippen molar-refractivity contribution in [3.05, 3.63) is 28.9 Å². The van der Waals surface area contributed by atoms with E-state index in [0.29, 0.717) is 21.6 Å². The number of benzene rings is 1. The van der Waals surface area contributed by atoms with Crippen molar-refractivity contribution in [3.63, 3.8) is 0 Å². The van der Waals surface area contributed by atoms with Crippen molar-refractivity contribution in [1.29, 1.82) is 0 Å². The maximum absolute atomic E-state index is 13.0. The lowest BCUT2D eigenvalue weighted by atomic mass is 10.2. The number of sulfonamides is 1. The number of methoxy groups -OCH3 is 2. The van der Waals surface area contributed by atoms with Gasteiger partial charge in [-0.05, 0) is 12.1 Å². The Labute approximate surface area is 182 Å². The summed E-state index contributed by atoms with van der Waals surface area (Å²) in [6.07, 6.45) is -2.09. The zero-order valence-electron chi connectivity index (χ0n) is 17.0. The highest BCUT2D eigenvalue weighted by Crippen LogP contribution is 2.36. The van der Waals surface area contributed by atoms with Crippen molar-refractivity contribution in [2.45, 2.75) is 17.7 Å². The predicted molar refractivity (Wildman–Crippen MR) is 113 cm³/mol. The number of anilines is 2. The van der Waals surface area contributed by atoms with Crippen molar-refractivity contribution >= 4 is 44.2 Å². The average molecular weight is 476 g/mol. The maximum atomic E-state index is 13.0. The van der Waals surface area contributed by atoms with Gasteiger partial charge in [0.1, 0.15) is 4.90 Å². The molecule has 0 amide bonds. The Hall–Kier alpha value is -2.86. The molecule has 168 valence electrons. The summed E-state index contributed by atoms with van der Waals surface area (Å²) in [6, 6.07) is 3.16. The van der Waals surface area contributed by atoms with E-state index in [1.807, 2.05) is 0 Å². The highest BCUT2D eigenvalue weighted by Gasteiger charge is 2.25. The van der Waals surface area contributed by atoms with Gasteiger partial charge >= 0.3 is 0 Å². The minimum atomic E-state index is -4.16. The minimum Gasteiger partial charge on any atom is -0.481 e. The Morgan fingerprint density at radius 1 is 1.19 bits per heavy atom. The van der Waals surface area contributed by atoms with E-state index in [9.17, 15) is 17.2 Å². The Morgan fingerprint density at radius 3 is 2.32 bits per heavy atom. The first-order valence-electron chi connectivity index (χ1n) is 8.85. The lowest BCUT2D eigenvalue weighted by Gasteiger charge is -2.16. The Balaban J connectivity index is 2.06. The SMILES string of the molecule is COc1nc(NS(=O)(=O)c2c[nH]c3c(N(C)C)c(Cl)ccc23)nc(OC)c1CC(F)F. The van der Waals surface area contributed by atoms with Crippen molar-refractivity contribution in [1.82, 2.24) is 15.0 Å². The zero-order chi connectivity index (χ0) is 22.9. The van der Waals surface area contributed by atoms with E-state index in [1.54, 1.807) is 31.1 Å². The topological polar surface area (TPSA) is 109 Å². The standard InChI is InChI=1S/C18H20ClF2N5O4S/c1-26(2)15-11(19)6-5-9-12(8-22-14(9)15)31(27,28)25-18-23-16(29-3)10(7-13(20)21)17(24-18)30-4/h5-6,8,13,22H,7H2,1-4H3,(H,23,24,25). The smallest absolute Gasteiger partial charge is 0.266 e. The number of hydrogen-bond donors (Lipinski definition) is 2. The number of rotatable bonds is 8. The van der Waals surface area contributed by atoms with Crippen LogP contribution in [0.4, 0.5) is 20.4 Å². The molecule has 3 rings (SSSR count). The van der Waals surface area contributed by atoms with E-state index in [-0.39, 0.29) is 28.2 Å². The highest BCUT2D eigenvalue weighted by molar-refractivity contribution is 7.93. The number of alkyl halides is 2. The molecule has 0 aliphatic heterocycles. The molecule has 0 unspecified atom stereocenters. The fourth-order valence-corrected chi connectivity index (χ4v) is 4.57. The third-order valence-corrected chi connectivity index (χ3v) is 6.05. The van der Waals surface area contributed by atoms with Gasteiger partial charge in [-0.15, -0.1) is 0 Å². The molecule has 0 fully saturated rings. The third kappa shape index (κ3) is 4.44. The molecule has 9 nitrogen and oxygen atoms in total. The molecular weight excluding hydrogens is 456 g/mol. The van der Waals surface area contributed by atoms with Crippen LogP contribution in [0, 0.1) is 0 Å². The molecule has 0 spiro atoms. The Morgan fingerprint density at radius 2 is 1.81 bits per heavy atom. The molecule has 0 aliphatic rings. The van der Waals surface area contributed by atoms with Crippen LogP contribution in [0.3, 0.4) is 0 Å². The molecule has 13 heteroatoms. The van der Waals surface area contributed by atoms with Crippen LogP contribution in [0.5, 0.6) is 11.8 Å².